The molecule has 26 heavy (non-hydrogen) atoms. The van der Waals surface area contributed by atoms with Crippen molar-refractivity contribution in [2.24, 2.45) is 5.10 Å². The second-order valence-corrected chi connectivity index (χ2v) is 6.73. The van der Waals surface area contributed by atoms with Gasteiger partial charge in [-0.1, -0.05) is 34.1 Å². The van der Waals surface area contributed by atoms with Gasteiger partial charge in [-0.25, -0.2) is 0 Å². The summed E-state index contributed by atoms with van der Waals surface area (Å²) in [5, 5.41) is 11.1. The Bertz CT molecular complexity index is 980. The van der Waals surface area contributed by atoms with E-state index in [2.05, 4.69) is 31.2 Å². The van der Waals surface area contributed by atoms with Gasteiger partial charge in [0, 0.05) is 10.0 Å². The number of H-pyrrole nitrogens is 1. The Labute approximate surface area is 164 Å². The summed E-state index contributed by atoms with van der Waals surface area (Å²) < 4.78 is 14.5. The van der Waals surface area contributed by atoms with E-state index in [1.165, 1.54) is 0 Å². The number of nitrogens with zero attached hydrogens (tertiary/aromatic N) is 3. The molecule has 0 radical (unpaired) electrons. The lowest BCUT2D eigenvalue weighted by molar-refractivity contribution is 0.284. The lowest BCUT2D eigenvalue weighted by Gasteiger charge is -2.13. The monoisotopic (exact) mass is 432 g/mol. The largest absolute Gasteiger partial charge is 0.493 e. The molecule has 134 valence electrons. The number of hydrogen-bond acceptors (Lipinski definition) is 5. The molecule has 0 amide bonds. The summed E-state index contributed by atoms with van der Waals surface area (Å²) in [6, 6.07) is 13.6. The van der Waals surface area contributed by atoms with Crippen molar-refractivity contribution in [3.63, 3.8) is 0 Å². The molecule has 0 saturated heterocycles. The Kier molecular flexibility index (Phi) is 5.85. The highest BCUT2D eigenvalue weighted by molar-refractivity contribution is 9.10. The number of nitrogens with one attached hydrogen (secondary N) is 1. The molecule has 0 fully saturated rings. The van der Waals surface area contributed by atoms with E-state index in [1.807, 2.05) is 49.4 Å². The highest BCUT2D eigenvalue weighted by Gasteiger charge is 2.10. The van der Waals surface area contributed by atoms with Crippen LogP contribution in [0.4, 0.5) is 0 Å². The Morgan fingerprint density at radius 3 is 2.69 bits per heavy atom. The Hall–Kier alpha value is -2.45. The topological polar surface area (TPSA) is 64.4 Å². The van der Waals surface area contributed by atoms with Crippen LogP contribution in [-0.2, 0) is 6.61 Å². The number of aromatic amines is 1. The fourth-order valence-electron chi connectivity index (χ4n) is 2.31. The molecule has 0 aliphatic heterocycles. The molecule has 6 nitrogen and oxygen atoms in total. The first-order valence-electron chi connectivity index (χ1n) is 7.81. The molecule has 0 unspecified atom stereocenters. The van der Waals surface area contributed by atoms with Crippen LogP contribution in [0.25, 0.3) is 0 Å². The Morgan fingerprint density at radius 1 is 1.27 bits per heavy atom. The number of methoxy groups -OCH3 is 1. The van der Waals surface area contributed by atoms with Gasteiger partial charge in [-0.15, -0.1) is 0 Å². The smallest absolute Gasteiger partial charge is 0.216 e. The highest BCUT2D eigenvalue weighted by atomic mass is 79.9. The zero-order chi connectivity index (χ0) is 18.5. The maximum absolute atomic E-state index is 6.03. The molecule has 1 N–H and O–H groups in total. The second kappa shape index (κ2) is 8.29. The van der Waals surface area contributed by atoms with Gasteiger partial charge < -0.3 is 9.47 Å². The van der Waals surface area contributed by atoms with Crippen molar-refractivity contribution >= 4 is 34.4 Å². The highest BCUT2D eigenvalue weighted by Crippen LogP contribution is 2.31. The summed E-state index contributed by atoms with van der Waals surface area (Å²) >= 11 is 8.60. The van der Waals surface area contributed by atoms with E-state index in [0.29, 0.717) is 28.7 Å². The number of ether oxygens (including phenoxy) is 2. The molecular formula is C18H17BrN4O2S. The number of aryl methyl sites for hydroxylation is 1. The summed E-state index contributed by atoms with van der Waals surface area (Å²) in [6.45, 7) is 2.23. The first-order chi connectivity index (χ1) is 12.6. The lowest BCUT2D eigenvalue weighted by atomic mass is 10.2. The van der Waals surface area contributed by atoms with E-state index < -0.39 is 0 Å². The van der Waals surface area contributed by atoms with Crippen LogP contribution in [0.1, 0.15) is 17.0 Å². The third-order valence-corrected chi connectivity index (χ3v) is 4.44. The van der Waals surface area contributed by atoms with E-state index >= 15 is 0 Å². The van der Waals surface area contributed by atoms with Gasteiger partial charge in [0.05, 0.1) is 13.3 Å². The lowest BCUT2D eigenvalue weighted by Crippen LogP contribution is -2.02. The van der Waals surface area contributed by atoms with E-state index in [1.54, 1.807) is 18.0 Å². The van der Waals surface area contributed by atoms with Crippen molar-refractivity contribution in [3.05, 3.63) is 68.7 Å². The number of aromatic nitrogens is 3. The zero-order valence-electron chi connectivity index (χ0n) is 14.3. The quantitative estimate of drug-likeness (QED) is 0.460. The third kappa shape index (κ3) is 4.20. The number of benzene rings is 2. The van der Waals surface area contributed by atoms with Crippen LogP contribution in [0.2, 0.25) is 0 Å². The van der Waals surface area contributed by atoms with Crippen LogP contribution in [-0.4, -0.2) is 28.2 Å². The summed E-state index contributed by atoms with van der Waals surface area (Å²) in [5.74, 6) is 1.93. The summed E-state index contributed by atoms with van der Waals surface area (Å²) in [6.07, 6.45) is 1.68. The predicted molar refractivity (Wildman–Crippen MR) is 107 cm³/mol. The molecule has 0 atom stereocenters. The van der Waals surface area contributed by atoms with E-state index in [4.69, 9.17) is 21.7 Å². The first-order valence-corrected chi connectivity index (χ1v) is 9.01. The van der Waals surface area contributed by atoms with Crippen molar-refractivity contribution in [1.29, 1.82) is 0 Å². The molecular weight excluding hydrogens is 416 g/mol. The van der Waals surface area contributed by atoms with Gasteiger partial charge in [0.1, 0.15) is 12.4 Å². The predicted octanol–water partition coefficient (Wildman–Crippen LogP) is 4.48. The molecule has 0 bridgehead atoms. The molecule has 0 aliphatic rings. The van der Waals surface area contributed by atoms with Gasteiger partial charge in [0.2, 0.25) is 4.77 Å². The number of halogens is 1. The van der Waals surface area contributed by atoms with Crippen LogP contribution in [0.3, 0.4) is 0 Å². The van der Waals surface area contributed by atoms with Crippen LogP contribution in [0, 0.1) is 11.7 Å². The molecule has 3 aromatic rings. The van der Waals surface area contributed by atoms with Gasteiger partial charge in [-0.2, -0.15) is 14.9 Å². The molecule has 8 heteroatoms. The van der Waals surface area contributed by atoms with E-state index in [0.717, 1.165) is 15.6 Å². The minimum absolute atomic E-state index is 0.415. The molecule has 0 saturated carbocycles. The molecule has 1 aromatic heterocycles. The van der Waals surface area contributed by atoms with Crippen molar-refractivity contribution in [2.75, 3.05) is 7.11 Å². The van der Waals surface area contributed by atoms with Gasteiger partial charge in [-0.05, 0) is 49.0 Å². The maximum atomic E-state index is 6.03. The summed E-state index contributed by atoms with van der Waals surface area (Å²) in [4.78, 5) is 0. The van der Waals surface area contributed by atoms with Crippen LogP contribution in [0.15, 0.2) is 52.0 Å². The van der Waals surface area contributed by atoms with Gasteiger partial charge in [-0.3, -0.25) is 5.10 Å². The average Bonchev–Trinajstić information content (AvgIpc) is 2.97. The van der Waals surface area contributed by atoms with Gasteiger partial charge in [0.25, 0.3) is 0 Å². The fourth-order valence-corrected chi connectivity index (χ4v) is 2.80. The molecule has 3 rings (SSSR count). The van der Waals surface area contributed by atoms with Crippen LogP contribution < -0.4 is 9.47 Å². The SMILES string of the molecule is COc1cccc(/C=N/n2c(C)n[nH]c2=S)c1OCc1ccc(Br)cc1. The zero-order valence-corrected chi connectivity index (χ0v) is 16.7. The van der Waals surface area contributed by atoms with E-state index in [9.17, 15) is 0 Å². The standard InChI is InChI=1S/C18H17BrN4O2S/c1-12-21-22-18(26)23(12)20-10-14-4-3-5-16(24-2)17(14)25-11-13-6-8-15(19)9-7-13/h3-10H,11H2,1-2H3,(H,22,26)/b20-10+. The molecule has 0 spiro atoms. The van der Waals surface area contributed by atoms with Crippen molar-refractivity contribution in [3.8, 4) is 11.5 Å². The number of hydrogen-bond donors (Lipinski definition) is 1. The molecule has 0 aliphatic carbocycles. The van der Waals surface area contributed by atoms with Crippen LogP contribution in [0.5, 0.6) is 11.5 Å². The minimum Gasteiger partial charge on any atom is -0.493 e. The minimum atomic E-state index is 0.415. The van der Waals surface area contributed by atoms with Gasteiger partial charge in [0.15, 0.2) is 11.5 Å². The number of para-hydroxylation sites is 1. The second-order valence-electron chi connectivity index (χ2n) is 5.43. The molecule has 1 heterocycles. The summed E-state index contributed by atoms with van der Waals surface area (Å²) in [7, 11) is 1.61. The van der Waals surface area contributed by atoms with Crippen LogP contribution >= 0.6 is 28.1 Å². The summed E-state index contributed by atoms with van der Waals surface area (Å²) in [5.41, 5.74) is 1.83. The fraction of sp³-hybridized carbons (Fsp3) is 0.167. The number of rotatable bonds is 6. The van der Waals surface area contributed by atoms with E-state index in [-0.39, 0.29) is 0 Å². The third-order valence-electron chi connectivity index (χ3n) is 3.65. The van der Waals surface area contributed by atoms with Gasteiger partial charge >= 0.3 is 0 Å². The Balaban J connectivity index is 1.88. The van der Waals surface area contributed by atoms with Crippen molar-refractivity contribution in [1.82, 2.24) is 14.9 Å². The average molecular weight is 433 g/mol. The van der Waals surface area contributed by atoms with Crippen molar-refractivity contribution < 1.29 is 9.47 Å². The maximum Gasteiger partial charge on any atom is 0.216 e. The van der Waals surface area contributed by atoms with Crippen molar-refractivity contribution in [2.45, 2.75) is 13.5 Å². The first kappa shape index (κ1) is 18.3. The normalized spacial score (nSPS) is 11.0. The molecule has 2 aromatic carbocycles. The Morgan fingerprint density at radius 2 is 2.04 bits per heavy atom.